The van der Waals surface area contributed by atoms with Gasteiger partial charge in [-0.2, -0.15) is 0 Å². The average Bonchev–Trinajstić information content (AvgIpc) is 2.42. The number of rotatable bonds is 5. The Kier molecular flexibility index (Phi) is 4.84. The smallest absolute Gasteiger partial charge is 0.144 e. The molecular formula is C15H16BrFN2O. The van der Waals surface area contributed by atoms with E-state index in [1.807, 2.05) is 19.1 Å². The highest BCUT2D eigenvalue weighted by Crippen LogP contribution is 2.30. The number of ether oxygens (including phenoxy) is 1. The first kappa shape index (κ1) is 14.7. The molecule has 0 aliphatic carbocycles. The predicted octanol–water partition coefficient (Wildman–Crippen LogP) is 4.70. The first-order chi connectivity index (χ1) is 9.60. The highest BCUT2D eigenvalue weighted by molar-refractivity contribution is 9.10. The molecule has 20 heavy (non-hydrogen) atoms. The second kappa shape index (κ2) is 6.61. The SMILES string of the molecule is CCCOc1cc(Nc2ccc(F)cc2Br)ccc1N. The van der Waals surface area contributed by atoms with Crippen molar-refractivity contribution in [1.82, 2.24) is 0 Å². The van der Waals surface area contributed by atoms with Crippen molar-refractivity contribution in [3.8, 4) is 5.75 Å². The number of halogens is 2. The lowest BCUT2D eigenvalue weighted by atomic mass is 10.2. The van der Waals surface area contributed by atoms with Crippen molar-refractivity contribution in [1.29, 1.82) is 0 Å². The van der Waals surface area contributed by atoms with E-state index in [4.69, 9.17) is 10.5 Å². The van der Waals surface area contributed by atoms with Crippen LogP contribution in [0, 0.1) is 5.82 Å². The first-order valence-corrected chi connectivity index (χ1v) is 7.14. The molecule has 0 atom stereocenters. The summed E-state index contributed by atoms with van der Waals surface area (Å²) in [6, 6.07) is 9.95. The van der Waals surface area contributed by atoms with Gasteiger partial charge in [-0.15, -0.1) is 0 Å². The van der Waals surface area contributed by atoms with Crippen molar-refractivity contribution >= 4 is 33.0 Å². The molecule has 0 heterocycles. The highest BCUT2D eigenvalue weighted by Gasteiger charge is 2.05. The van der Waals surface area contributed by atoms with Gasteiger partial charge in [0.25, 0.3) is 0 Å². The number of hydrogen-bond acceptors (Lipinski definition) is 3. The topological polar surface area (TPSA) is 47.3 Å². The van der Waals surface area contributed by atoms with E-state index >= 15 is 0 Å². The van der Waals surface area contributed by atoms with Crippen LogP contribution in [0.5, 0.6) is 5.75 Å². The van der Waals surface area contributed by atoms with Crippen molar-refractivity contribution in [3.05, 3.63) is 46.7 Å². The van der Waals surface area contributed by atoms with Gasteiger partial charge in [0.15, 0.2) is 0 Å². The Morgan fingerprint density at radius 1 is 1.25 bits per heavy atom. The molecule has 0 aromatic heterocycles. The molecule has 0 fully saturated rings. The second-order valence-corrected chi connectivity index (χ2v) is 5.20. The summed E-state index contributed by atoms with van der Waals surface area (Å²) < 4.78 is 19.3. The zero-order valence-electron chi connectivity index (χ0n) is 11.1. The molecule has 5 heteroatoms. The molecular weight excluding hydrogens is 323 g/mol. The predicted molar refractivity (Wildman–Crippen MR) is 84.0 cm³/mol. The Hall–Kier alpha value is -1.75. The number of nitrogen functional groups attached to an aromatic ring is 1. The van der Waals surface area contributed by atoms with E-state index in [1.165, 1.54) is 12.1 Å². The maximum Gasteiger partial charge on any atom is 0.144 e. The number of nitrogens with two attached hydrogens (primary N) is 1. The summed E-state index contributed by atoms with van der Waals surface area (Å²) in [6.45, 7) is 2.65. The average molecular weight is 339 g/mol. The van der Waals surface area contributed by atoms with Gasteiger partial charge in [-0.05, 0) is 52.7 Å². The van der Waals surface area contributed by atoms with E-state index in [-0.39, 0.29) is 5.82 Å². The van der Waals surface area contributed by atoms with E-state index in [2.05, 4.69) is 21.2 Å². The minimum Gasteiger partial charge on any atom is -0.491 e. The zero-order valence-corrected chi connectivity index (χ0v) is 12.7. The molecule has 2 aromatic carbocycles. The normalized spacial score (nSPS) is 10.3. The number of nitrogens with one attached hydrogen (secondary N) is 1. The van der Waals surface area contributed by atoms with Crippen LogP contribution in [-0.4, -0.2) is 6.61 Å². The van der Waals surface area contributed by atoms with Gasteiger partial charge in [-0.25, -0.2) is 4.39 Å². The maximum absolute atomic E-state index is 13.0. The van der Waals surface area contributed by atoms with Crippen molar-refractivity contribution in [2.24, 2.45) is 0 Å². The largest absolute Gasteiger partial charge is 0.491 e. The summed E-state index contributed by atoms with van der Waals surface area (Å²) in [7, 11) is 0. The number of anilines is 3. The first-order valence-electron chi connectivity index (χ1n) is 6.34. The van der Waals surface area contributed by atoms with Gasteiger partial charge in [-0.3, -0.25) is 0 Å². The fourth-order valence-electron chi connectivity index (χ4n) is 1.70. The van der Waals surface area contributed by atoms with Crippen LogP contribution in [0.3, 0.4) is 0 Å². The third kappa shape index (κ3) is 3.63. The van der Waals surface area contributed by atoms with Crippen LogP contribution >= 0.6 is 15.9 Å². The van der Waals surface area contributed by atoms with Gasteiger partial charge < -0.3 is 15.8 Å². The van der Waals surface area contributed by atoms with Gasteiger partial charge in [0.05, 0.1) is 18.0 Å². The van der Waals surface area contributed by atoms with E-state index in [1.54, 1.807) is 12.1 Å². The third-order valence-electron chi connectivity index (χ3n) is 2.69. The molecule has 0 spiro atoms. The maximum atomic E-state index is 13.0. The molecule has 0 aliphatic rings. The molecule has 3 nitrogen and oxygen atoms in total. The van der Waals surface area contributed by atoms with Crippen LogP contribution in [-0.2, 0) is 0 Å². The Balaban J connectivity index is 2.20. The van der Waals surface area contributed by atoms with Gasteiger partial charge in [0.2, 0.25) is 0 Å². The Labute approximate surface area is 126 Å². The molecule has 0 aliphatic heterocycles. The minimum atomic E-state index is -0.285. The summed E-state index contributed by atoms with van der Waals surface area (Å²) in [5, 5.41) is 3.19. The van der Waals surface area contributed by atoms with Crippen LogP contribution in [0.1, 0.15) is 13.3 Å². The lowest BCUT2D eigenvalue weighted by Crippen LogP contribution is -2.00. The van der Waals surface area contributed by atoms with Crippen LogP contribution < -0.4 is 15.8 Å². The standard InChI is InChI=1S/C15H16BrFN2O/c1-2-7-20-15-9-11(4-5-13(15)18)19-14-6-3-10(17)8-12(14)16/h3-6,8-9,19H,2,7,18H2,1H3. The Morgan fingerprint density at radius 3 is 2.75 bits per heavy atom. The van der Waals surface area contributed by atoms with Crippen molar-refractivity contribution in [2.45, 2.75) is 13.3 Å². The third-order valence-corrected chi connectivity index (χ3v) is 3.34. The zero-order chi connectivity index (χ0) is 14.5. The Bertz CT molecular complexity index is 604. The van der Waals surface area contributed by atoms with Crippen molar-refractivity contribution in [3.63, 3.8) is 0 Å². The van der Waals surface area contributed by atoms with Gasteiger partial charge in [0.1, 0.15) is 11.6 Å². The van der Waals surface area contributed by atoms with E-state index < -0.39 is 0 Å². The highest BCUT2D eigenvalue weighted by atomic mass is 79.9. The van der Waals surface area contributed by atoms with Crippen molar-refractivity contribution in [2.75, 3.05) is 17.7 Å². The summed E-state index contributed by atoms with van der Waals surface area (Å²) >= 11 is 3.32. The van der Waals surface area contributed by atoms with Gasteiger partial charge in [-0.1, -0.05) is 6.92 Å². The fourth-order valence-corrected chi connectivity index (χ4v) is 2.15. The molecule has 0 saturated heterocycles. The summed E-state index contributed by atoms with van der Waals surface area (Å²) in [4.78, 5) is 0. The molecule has 0 amide bonds. The van der Waals surface area contributed by atoms with Crippen LogP contribution in [0.15, 0.2) is 40.9 Å². The quantitative estimate of drug-likeness (QED) is 0.776. The lowest BCUT2D eigenvalue weighted by Gasteiger charge is -2.12. The molecule has 0 saturated carbocycles. The van der Waals surface area contributed by atoms with Crippen LogP contribution in [0.2, 0.25) is 0 Å². The van der Waals surface area contributed by atoms with Crippen LogP contribution in [0.25, 0.3) is 0 Å². The lowest BCUT2D eigenvalue weighted by molar-refractivity contribution is 0.319. The van der Waals surface area contributed by atoms with Crippen molar-refractivity contribution < 1.29 is 9.13 Å². The molecule has 0 unspecified atom stereocenters. The molecule has 2 aromatic rings. The molecule has 106 valence electrons. The molecule has 2 rings (SSSR count). The Morgan fingerprint density at radius 2 is 2.05 bits per heavy atom. The molecule has 0 bridgehead atoms. The monoisotopic (exact) mass is 338 g/mol. The van der Waals surface area contributed by atoms with E-state index in [0.29, 0.717) is 22.5 Å². The van der Waals surface area contributed by atoms with E-state index in [9.17, 15) is 4.39 Å². The number of benzene rings is 2. The van der Waals surface area contributed by atoms with Gasteiger partial charge >= 0.3 is 0 Å². The minimum absolute atomic E-state index is 0.285. The number of hydrogen-bond donors (Lipinski definition) is 2. The fraction of sp³-hybridized carbons (Fsp3) is 0.200. The summed E-state index contributed by atoms with van der Waals surface area (Å²) in [6.07, 6.45) is 0.917. The molecule has 3 N–H and O–H groups in total. The molecule has 0 radical (unpaired) electrons. The summed E-state index contributed by atoms with van der Waals surface area (Å²) in [5.74, 6) is 0.363. The van der Waals surface area contributed by atoms with Crippen LogP contribution in [0.4, 0.5) is 21.5 Å². The summed E-state index contributed by atoms with van der Waals surface area (Å²) in [5.41, 5.74) is 8.07. The van der Waals surface area contributed by atoms with Gasteiger partial charge in [0, 0.05) is 16.2 Å². The van der Waals surface area contributed by atoms with E-state index in [0.717, 1.165) is 17.8 Å². The second-order valence-electron chi connectivity index (χ2n) is 4.35.